The highest BCUT2D eigenvalue weighted by Crippen LogP contribution is 2.31. The van der Waals surface area contributed by atoms with Crippen molar-refractivity contribution in [3.8, 4) is 11.5 Å². The van der Waals surface area contributed by atoms with Gasteiger partial charge >= 0.3 is 6.61 Å². The molecule has 0 amide bonds. The monoisotopic (exact) mass is 337 g/mol. The van der Waals surface area contributed by atoms with Crippen LogP contribution in [-0.2, 0) is 0 Å². The van der Waals surface area contributed by atoms with E-state index in [-0.39, 0.29) is 28.4 Å². The second kappa shape index (κ2) is 7.86. The van der Waals surface area contributed by atoms with Gasteiger partial charge in [0.1, 0.15) is 5.69 Å². The van der Waals surface area contributed by atoms with Crippen molar-refractivity contribution in [1.29, 1.82) is 0 Å². The standard InChI is InChI=1S/C15H13F2N3O4/c1-23-13-8-4-5-10(14(13)24-15(16)17)9-18-19-11-6-2-3-7-12(11)20(21)22/h2-9,15,19H,1H3/b18-9-. The average Bonchev–Trinajstić information content (AvgIpc) is 2.56. The van der Waals surface area contributed by atoms with Gasteiger partial charge in [-0.2, -0.15) is 13.9 Å². The second-order valence-corrected chi connectivity index (χ2v) is 4.40. The number of nitro groups is 1. The van der Waals surface area contributed by atoms with Crippen LogP contribution in [0.4, 0.5) is 20.2 Å². The maximum Gasteiger partial charge on any atom is 0.387 e. The number of para-hydroxylation sites is 3. The largest absolute Gasteiger partial charge is 0.493 e. The summed E-state index contributed by atoms with van der Waals surface area (Å²) in [6.07, 6.45) is 1.21. The van der Waals surface area contributed by atoms with Gasteiger partial charge < -0.3 is 9.47 Å². The van der Waals surface area contributed by atoms with Gasteiger partial charge in [0, 0.05) is 11.6 Å². The summed E-state index contributed by atoms with van der Waals surface area (Å²) in [6, 6.07) is 10.4. The summed E-state index contributed by atoms with van der Waals surface area (Å²) >= 11 is 0. The Morgan fingerprint density at radius 1 is 1.25 bits per heavy atom. The van der Waals surface area contributed by atoms with Crippen molar-refractivity contribution in [1.82, 2.24) is 0 Å². The number of hydrazone groups is 1. The van der Waals surface area contributed by atoms with E-state index in [0.717, 1.165) is 0 Å². The van der Waals surface area contributed by atoms with Crippen LogP contribution < -0.4 is 14.9 Å². The molecule has 0 bridgehead atoms. The van der Waals surface area contributed by atoms with Crippen molar-refractivity contribution < 1.29 is 23.2 Å². The van der Waals surface area contributed by atoms with Crippen molar-refractivity contribution in [2.75, 3.05) is 12.5 Å². The summed E-state index contributed by atoms with van der Waals surface area (Å²) in [6.45, 7) is -3.03. The molecule has 0 spiro atoms. The number of hydrogen-bond donors (Lipinski definition) is 1. The zero-order valence-corrected chi connectivity index (χ0v) is 12.5. The normalized spacial score (nSPS) is 10.8. The molecule has 0 saturated carbocycles. The number of anilines is 1. The third-order valence-corrected chi connectivity index (χ3v) is 2.93. The van der Waals surface area contributed by atoms with Crippen LogP contribution in [0.15, 0.2) is 47.6 Å². The van der Waals surface area contributed by atoms with Crippen LogP contribution in [0.3, 0.4) is 0 Å². The number of nitro benzene ring substituents is 1. The highest BCUT2D eigenvalue weighted by molar-refractivity contribution is 5.85. The van der Waals surface area contributed by atoms with E-state index in [4.69, 9.17) is 4.74 Å². The van der Waals surface area contributed by atoms with E-state index in [1.807, 2.05) is 0 Å². The summed E-state index contributed by atoms with van der Waals surface area (Å²) in [5.74, 6) is -0.0620. The topological polar surface area (TPSA) is 86.0 Å². The van der Waals surface area contributed by atoms with Crippen LogP contribution in [0, 0.1) is 10.1 Å². The van der Waals surface area contributed by atoms with Gasteiger partial charge in [-0.1, -0.05) is 18.2 Å². The van der Waals surface area contributed by atoms with Crippen LogP contribution in [0.25, 0.3) is 0 Å². The van der Waals surface area contributed by atoms with E-state index in [2.05, 4.69) is 15.3 Å². The zero-order valence-electron chi connectivity index (χ0n) is 12.5. The first-order valence-corrected chi connectivity index (χ1v) is 6.67. The molecule has 0 aliphatic heterocycles. The molecular formula is C15H13F2N3O4. The molecule has 0 atom stereocenters. The minimum atomic E-state index is -3.03. The lowest BCUT2D eigenvalue weighted by atomic mass is 10.2. The number of methoxy groups -OCH3 is 1. The fourth-order valence-electron chi connectivity index (χ4n) is 1.91. The molecule has 126 valence electrons. The number of ether oxygens (including phenoxy) is 2. The smallest absolute Gasteiger partial charge is 0.387 e. The lowest BCUT2D eigenvalue weighted by molar-refractivity contribution is -0.384. The predicted octanol–water partition coefficient (Wildman–Crippen LogP) is 3.65. The zero-order chi connectivity index (χ0) is 17.5. The first-order valence-electron chi connectivity index (χ1n) is 6.67. The number of benzene rings is 2. The molecule has 0 aliphatic rings. The Morgan fingerprint density at radius 2 is 2.00 bits per heavy atom. The lowest BCUT2D eigenvalue weighted by Crippen LogP contribution is -2.06. The van der Waals surface area contributed by atoms with E-state index in [1.165, 1.54) is 43.7 Å². The second-order valence-electron chi connectivity index (χ2n) is 4.40. The van der Waals surface area contributed by atoms with Gasteiger partial charge in [0.25, 0.3) is 5.69 Å². The minimum absolute atomic E-state index is 0.116. The Bertz CT molecular complexity index is 753. The van der Waals surface area contributed by atoms with Gasteiger partial charge in [0.05, 0.1) is 18.2 Å². The van der Waals surface area contributed by atoms with Crippen LogP contribution in [0.2, 0.25) is 0 Å². The van der Waals surface area contributed by atoms with Gasteiger partial charge in [-0.05, 0) is 18.2 Å². The van der Waals surface area contributed by atoms with Crippen molar-refractivity contribution in [3.05, 3.63) is 58.1 Å². The number of alkyl halides is 2. The fraction of sp³-hybridized carbons (Fsp3) is 0.133. The van der Waals surface area contributed by atoms with E-state index >= 15 is 0 Å². The molecule has 0 radical (unpaired) electrons. The Hall–Kier alpha value is -3.23. The summed E-state index contributed by atoms with van der Waals surface area (Å²) < 4.78 is 34.5. The van der Waals surface area contributed by atoms with E-state index in [9.17, 15) is 18.9 Å². The minimum Gasteiger partial charge on any atom is -0.493 e. The number of nitrogens with one attached hydrogen (secondary N) is 1. The number of halogens is 2. The maximum absolute atomic E-state index is 12.5. The lowest BCUT2D eigenvalue weighted by Gasteiger charge is -2.12. The predicted molar refractivity (Wildman–Crippen MR) is 83.9 cm³/mol. The van der Waals surface area contributed by atoms with E-state index < -0.39 is 11.5 Å². The highest BCUT2D eigenvalue weighted by Gasteiger charge is 2.15. The van der Waals surface area contributed by atoms with Crippen LogP contribution in [0.5, 0.6) is 11.5 Å². The summed E-state index contributed by atoms with van der Waals surface area (Å²) in [4.78, 5) is 10.3. The molecule has 24 heavy (non-hydrogen) atoms. The van der Waals surface area contributed by atoms with Gasteiger partial charge in [0.15, 0.2) is 11.5 Å². The first-order chi connectivity index (χ1) is 11.5. The molecule has 0 saturated heterocycles. The van der Waals surface area contributed by atoms with Crippen molar-refractivity contribution in [2.45, 2.75) is 6.61 Å². The average molecular weight is 337 g/mol. The summed E-state index contributed by atoms with van der Waals surface area (Å²) in [7, 11) is 1.32. The molecule has 0 heterocycles. The molecule has 1 N–H and O–H groups in total. The number of rotatable bonds is 7. The summed E-state index contributed by atoms with van der Waals surface area (Å²) in [5.41, 5.74) is 2.73. The SMILES string of the molecule is COc1cccc(/C=N\Nc2ccccc2[N+](=O)[O-])c1OC(F)F. The van der Waals surface area contributed by atoms with E-state index in [0.29, 0.717) is 0 Å². The molecular weight excluding hydrogens is 324 g/mol. The van der Waals surface area contributed by atoms with Gasteiger partial charge in [0.2, 0.25) is 0 Å². The highest BCUT2D eigenvalue weighted by atomic mass is 19.3. The quantitative estimate of drug-likeness (QED) is 0.473. The third-order valence-electron chi connectivity index (χ3n) is 2.93. The number of nitrogens with zero attached hydrogens (tertiary/aromatic N) is 2. The molecule has 9 heteroatoms. The van der Waals surface area contributed by atoms with Crippen molar-refractivity contribution in [3.63, 3.8) is 0 Å². The molecule has 0 aromatic heterocycles. The Morgan fingerprint density at radius 3 is 2.67 bits per heavy atom. The third kappa shape index (κ3) is 4.15. The molecule has 0 aliphatic carbocycles. The molecule has 2 aromatic carbocycles. The summed E-state index contributed by atoms with van der Waals surface area (Å²) in [5, 5.41) is 14.7. The van der Waals surface area contributed by atoms with Crippen molar-refractivity contribution in [2.24, 2.45) is 5.10 Å². The Kier molecular flexibility index (Phi) is 5.61. The van der Waals surface area contributed by atoms with Crippen LogP contribution in [0.1, 0.15) is 5.56 Å². The van der Waals surface area contributed by atoms with Gasteiger partial charge in [-0.15, -0.1) is 0 Å². The molecule has 2 rings (SSSR count). The molecule has 7 nitrogen and oxygen atoms in total. The van der Waals surface area contributed by atoms with Crippen molar-refractivity contribution >= 4 is 17.6 Å². The molecule has 2 aromatic rings. The molecule has 0 fully saturated rings. The van der Waals surface area contributed by atoms with Gasteiger partial charge in [-0.25, -0.2) is 0 Å². The maximum atomic E-state index is 12.5. The number of hydrogen-bond acceptors (Lipinski definition) is 6. The van der Waals surface area contributed by atoms with Crippen LogP contribution in [-0.4, -0.2) is 24.9 Å². The molecule has 0 unspecified atom stereocenters. The van der Waals surface area contributed by atoms with E-state index in [1.54, 1.807) is 12.1 Å². The fourth-order valence-corrected chi connectivity index (χ4v) is 1.91. The van der Waals surface area contributed by atoms with Gasteiger partial charge in [-0.3, -0.25) is 15.5 Å². The Balaban J connectivity index is 2.25. The Labute approximate surface area is 135 Å². The van der Waals surface area contributed by atoms with Crippen LogP contribution >= 0.6 is 0 Å². The first kappa shape index (κ1) is 17.1.